The Morgan fingerprint density at radius 2 is 2.17 bits per heavy atom. The third kappa shape index (κ3) is 4.73. The van der Waals surface area contributed by atoms with Gasteiger partial charge in [0.2, 0.25) is 0 Å². The van der Waals surface area contributed by atoms with Gasteiger partial charge in [-0.1, -0.05) is 0 Å². The van der Waals surface area contributed by atoms with Crippen molar-refractivity contribution in [2.24, 2.45) is 0 Å². The molecule has 9 nitrogen and oxygen atoms in total. The van der Waals surface area contributed by atoms with E-state index in [0.29, 0.717) is 6.54 Å². The fraction of sp³-hybridized carbons (Fsp3) is 0.308. The standard InChI is InChI=1S/C13H16N6O3.ClH/c1-14-5-2-6-16-13(20)10-3-4-11(12(7-10)19(21)22)18-9-15-8-17-18;/h3-4,7-9,14H,2,5-6H2,1H3,(H,16,20);1H. The minimum Gasteiger partial charge on any atom is -0.352 e. The van der Waals surface area contributed by atoms with E-state index in [0.717, 1.165) is 13.0 Å². The number of nitrogens with zero attached hydrogens (tertiary/aromatic N) is 4. The number of nitrogens with one attached hydrogen (secondary N) is 2. The molecular formula is C13H17ClN6O3. The van der Waals surface area contributed by atoms with Crippen LogP contribution in [-0.4, -0.2) is 45.7 Å². The highest BCUT2D eigenvalue weighted by Crippen LogP contribution is 2.23. The van der Waals surface area contributed by atoms with Gasteiger partial charge in [-0.05, 0) is 32.1 Å². The predicted octanol–water partition coefficient (Wildman–Crippen LogP) is 0.937. The molecule has 1 aromatic carbocycles. The molecule has 0 fully saturated rings. The highest BCUT2D eigenvalue weighted by Gasteiger charge is 2.19. The first kappa shape index (κ1) is 18.5. The van der Waals surface area contributed by atoms with Crippen molar-refractivity contribution >= 4 is 24.0 Å². The Balaban J connectivity index is 0.00000264. The SMILES string of the molecule is CNCCCNC(=O)c1ccc(-n2cncn2)c([N+](=O)[O-])c1.Cl. The number of hydrogen-bond donors (Lipinski definition) is 2. The molecule has 0 spiro atoms. The van der Waals surface area contributed by atoms with Crippen LogP contribution in [-0.2, 0) is 0 Å². The molecule has 2 N–H and O–H groups in total. The van der Waals surface area contributed by atoms with E-state index < -0.39 is 4.92 Å². The number of benzene rings is 1. The molecule has 10 heteroatoms. The Bertz CT molecular complexity index is 662. The fourth-order valence-electron chi connectivity index (χ4n) is 1.91. The number of carbonyl (C=O) groups is 1. The quantitative estimate of drug-likeness (QED) is 0.440. The molecule has 0 bridgehead atoms. The van der Waals surface area contributed by atoms with E-state index in [1.54, 1.807) is 0 Å². The monoisotopic (exact) mass is 340 g/mol. The Hall–Kier alpha value is -2.52. The van der Waals surface area contributed by atoms with Crippen LogP contribution >= 0.6 is 12.4 Å². The molecule has 0 radical (unpaired) electrons. The Labute approximate surface area is 138 Å². The summed E-state index contributed by atoms with van der Waals surface area (Å²) >= 11 is 0. The molecule has 2 rings (SSSR count). The highest BCUT2D eigenvalue weighted by atomic mass is 35.5. The van der Waals surface area contributed by atoms with Crippen LogP contribution in [0.25, 0.3) is 5.69 Å². The van der Waals surface area contributed by atoms with E-state index in [2.05, 4.69) is 20.7 Å². The molecular weight excluding hydrogens is 324 g/mol. The molecule has 0 saturated heterocycles. The maximum absolute atomic E-state index is 12.0. The summed E-state index contributed by atoms with van der Waals surface area (Å²) in [6.07, 6.45) is 3.42. The number of nitro benzene ring substituents is 1. The summed E-state index contributed by atoms with van der Waals surface area (Å²) in [5, 5.41) is 20.8. The largest absolute Gasteiger partial charge is 0.352 e. The molecule has 23 heavy (non-hydrogen) atoms. The number of nitro groups is 1. The van der Waals surface area contributed by atoms with E-state index in [4.69, 9.17) is 0 Å². The molecule has 1 aromatic heterocycles. The summed E-state index contributed by atoms with van der Waals surface area (Å²) in [5.41, 5.74) is 0.294. The van der Waals surface area contributed by atoms with Crippen LogP contribution in [0.2, 0.25) is 0 Å². The normalized spacial score (nSPS) is 9.96. The van der Waals surface area contributed by atoms with Crippen LogP contribution in [0.3, 0.4) is 0 Å². The zero-order chi connectivity index (χ0) is 15.9. The average Bonchev–Trinajstić information content (AvgIpc) is 3.05. The lowest BCUT2D eigenvalue weighted by Crippen LogP contribution is -2.26. The summed E-state index contributed by atoms with van der Waals surface area (Å²) in [6, 6.07) is 4.25. The average molecular weight is 341 g/mol. The summed E-state index contributed by atoms with van der Waals surface area (Å²) in [4.78, 5) is 26.4. The van der Waals surface area contributed by atoms with Gasteiger partial charge in [-0.25, -0.2) is 9.67 Å². The number of carbonyl (C=O) groups excluding carboxylic acids is 1. The number of aromatic nitrogens is 3. The van der Waals surface area contributed by atoms with Gasteiger partial charge in [0.1, 0.15) is 18.3 Å². The number of halogens is 1. The molecule has 1 amide bonds. The van der Waals surface area contributed by atoms with Crippen LogP contribution in [0.1, 0.15) is 16.8 Å². The van der Waals surface area contributed by atoms with Crippen molar-refractivity contribution in [2.45, 2.75) is 6.42 Å². The number of amides is 1. The van der Waals surface area contributed by atoms with Crippen LogP contribution < -0.4 is 10.6 Å². The molecule has 1 heterocycles. The van der Waals surface area contributed by atoms with Gasteiger partial charge in [-0.2, -0.15) is 5.10 Å². The van der Waals surface area contributed by atoms with Crippen molar-refractivity contribution < 1.29 is 9.72 Å². The lowest BCUT2D eigenvalue weighted by Gasteiger charge is -2.07. The molecule has 0 aliphatic rings. The van der Waals surface area contributed by atoms with E-state index in [1.807, 2.05) is 7.05 Å². The first-order valence-electron chi connectivity index (χ1n) is 6.69. The van der Waals surface area contributed by atoms with E-state index in [-0.39, 0.29) is 35.3 Å². The smallest absolute Gasteiger partial charge is 0.295 e. The third-order valence-corrected chi connectivity index (χ3v) is 2.99. The fourth-order valence-corrected chi connectivity index (χ4v) is 1.91. The highest BCUT2D eigenvalue weighted by molar-refractivity contribution is 5.95. The Morgan fingerprint density at radius 1 is 1.39 bits per heavy atom. The second kappa shape index (κ2) is 8.81. The minimum absolute atomic E-state index is 0. The van der Waals surface area contributed by atoms with Gasteiger partial charge in [0.25, 0.3) is 11.6 Å². The van der Waals surface area contributed by atoms with E-state index in [9.17, 15) is 14.9 Å². The van der Waals surface area contributed by atoms with Gasteiger partial charge >= 0.3 is 0 Å². The maximum Gasteiger partial charge on any atom is 0.295 e. The molecule has 2 aromatic rings. The van der Waals surface area contributed by atoms with Gasteiger partial charge in [0.05, 0.1) is 4.92 Å². The van der Waals surface area contributed by atoms with Crippen molar-refractivity contribution in [2.75, 3.05) is 20.1 Å². The number of hydrogen-bond acceptors (Lipinski definition) is 6. The lowest BCUT2D eigenvalue weighted by atomic mass is 10.1. The predicted molar refractivity (Wildman–Crippen MR) is 86.1 cm³/mol. The van der Waals surface area contributed by atoms with Gasteiger partial charge in [0.15, 0.2) is 0 Å². The zero-order valence-electron chi connectivity index (χ0n) is 12.4. The topological polar surface area (TPSA) is 115 Å². The molecule has 0 unspecified atom stereocenters. The molecule has 0 saturated carbocycles. The second-order valence-electron chi connectivity index (χ2n) is 4.51. The Morgan fingerprint density at radius 3 is 2.78 bits per heavy atom. The summed E-state index contributed by atoms with van der Waals surface area (Å²) in [7, 11) is 1.83. The third-order valence-electron chi connectivity index (χ3n) is 2.99. The van der Waals surface area contributed by atoms with Crippen molar-refractivity contribution in [3.63, 3.8) is 0 Å². The second-order valence-corrected chi connectivity index (χ2v) is 4.51. The van der Waals surface area contributed by atoms with Gasteiger partial charge in [0, 0.05) is 18.2 Å². The first-order chi connectivity index (χ1) is 10.6. The molecule has 124 valence electrons. The molecule has 0 aliphatic carbocycles. The first-order valence-corrected chi connectivity index (χ1v) is 6.69. The van der Waals surface area contributed by atoms with Gasteiger partial charge in [-0.15, -0.1) is 12.4 Å². The van der Waals surface area contributed by atoms with Crippen LogP contribution in [0.15, 0.2) is 30.9 Å². The minimum atomic E-state index is -0.547. The van der Waals surface area contributed by atoms with Crippen molar-refractivity contribution in [3.05, 3.63) is 46.5 Å². The lowest BCUT2D eigenvalue weighted by molar-refractivity contribution is -0.384. The summed E-state index contributed by atoms with van der Waals surface area (Å²) in [5.74, 6) is -0.343. The van der Waals surface area contributed by atoms with Crippen LogP contribution in [0, 0.1) is 10.1 Å². The summed E-state index contributed by atoms with van der Waals surface area (Å²) in [6.45, 7) is 1.28. The van der Waals surface area contributed by atoms with E-state index >= 15 is 0 Å². The van der Waals surface area contributed by atoms with Crippen molar-refractivity contribution in [1.29, 1.82) is 0 Å². The molecule has 0 atom stereocenters. The maximum atomic E-state index is 12.0. The zero-order valence-corrected chi connectivity index (χ0v) is 13.2. The van der Waals surface area contributed by atoms with E-state index in [1.165, 1.54) is 35.5 Å². The molecule has 0 aliphatic heterocycles. The van der Waals surface area contributed by atoms with Crippen molar-refractivity contribution in [3.8, 4) is 5.69 Å². The van der Waals surface area contributed by atoms with Crippen molar-refractivity contribution in [1.82, 2.24) is 25.4 Å². The van der Waals surface area contributed by atoms with Crippen LogP contribution in [0.4, 0.5) is 5.69 Å². The summed E-state index contributed by atoms with van der Waals surface area (Å²) < 4.78 is 1.28. The van der Waals surface area contributed by atoms with Gasteiger partial charge < -0.3 is 10.6 Å². The van der Waals surface area contributed by atoms with Gasteiger partial charge in [-0.3, -0.25) is 14.9 Å². The Kier molecular flexibility index (Phi) is 7.10. The van der Waals surface area contributed by atoms with Crippen LogP contribution in [0.5, 0.6) is 0 Å². The number of rotatable bonds is 7.